The Morgan fingerprint density at radius 2 is 2.23 bits per heavy atom. The molecule has 0 saturated heterocycles. The van der Waals surface area contributed by atoms with Crippen LogP contribution in [0.15, 0.2) is 36.7 Å². The van der Waals surface area contributed by atoms with Crippen molar-refractivity contribution < 1.29 is 13.9 Å². The van der Waals surface area contributed by atoms with Crippen LogP contribution in [0, 0.1) is 11.7 Å². The molecule has 1 aromatic carbocycles. The predicted octanol–water partition coefficient (Wildman–Crippen LogP) is 3.90. The Morgan fingerprint density at radius 1 is 1.38 bits per heavy atom. The van der Waals surface area contributed by atoms with E-state index >= 15 is 0 Å². The molecule has 26 heavy (non-hydrogen) atoms. The SMILES string of the molecule is COC(=O)c1ccncc1Nc1nn(CCC2CC2)c2ccc(F)cc12. The summed E-state index contributed by atoms with van der Waals surface area (Å²) in [7, 11) is 1.32. The first kappa shape index (κ1) is 16.5. The van der Waals surface area contributed by atoms with Crippen molar-refractivity contribution in [3.8, 4) is 0 Å². The molecule has 0 atom stereocenters. The number of rotatable bonds is 6. The Hall–Kier alpha value is -2.96. The standard InChI is InChI=1S/C19H19FN4O2/c1-26-19(25)14-6-8-21-11-16(14)22-18-15-10-13(20)4-5-17(15)24(23-18)9-7-12-2-3-12/h4-6,8,10-12H,2-3,7,9H2,1H3,(H,22,23). The average molecular weight is 354 g/mol. The number of aromatic nitrogens is 3. The number of aryl methyl sites for hydroxylation is 1. The van der Waals surface area contributed by atoms with Crippen LogP contribution in [0.4, 0.5) is 15.9 Å². The molecule has 3 aromatic rings. The molecule has 7 heteroatoms. The lowest BCUT2D eigenvalue weighted by molar-refractivity contribution is 0.0602. The van der Waals surface area contributed by atoms with Crippen LogP contribution in [-0.2, 0) is 11.3 Å². The van der Waals surface area contributed by atoms with Crippen LogP contribution in [0.25, 0.3) is 10.9 Å². The zero-order valence-corrected chi connectivity index (χ0v) is 14.4. The Balaban J connectivity index is 1.72. The number of benzene rings is 1. The van der Waals surface area contributed by atoms with Crippen molar-refractivity contribution in [3.05, 3.63) is 48.0 Å². The van der Waals surface area contributed by atoms with E-state index in [1.54, 1.807) is 12.1 Å². The Bertz CT molecular complexity index is 965. The predicted molar refractivity (Wildman–Crippen MR) is 95.9 cm³/mol. The maximum absolute atomic E-state index is 13.8. The molecule has 0 unspecified atom stereocenters. The van der Waals surface area contributed by atoms with Crippen LogP contribution < -0.4 is 5.32 Å². The van der Waals surface area contributed by atoms with Crippen molar-refractivity contribution in [1.82, 2.24) is 14.8 Å². The molecule has 2 aromatic heterocycles. The zero-order valence-electron chi connectivity index (χ0n) is 14.4. The molecule has 134 valence electrons. The lowest BCUT2D eigenvalue weighted by Gasteiger charge is -2.08. The molecule has 1 N–H and O–H groups in total. The molecule has 1 saturated carbocycles. The number of esters is 1. The minimum Gasteiger partial charge on any atom is -0.465 e. The van der Waals surface area contributed by atoms with Gasteiger partial charge < -0.3 is 10.1 Å². The molecule has 0 amide bonds. The van der Waals surface area contributed by atoms with Crippen LogP contribution in [0.5, 0.6) is 0 Å². The smallest absolute Gasteiger partial charge is 0.340 e. The van der Waals surface area contributed by atoms with Gasteiger partial charge in [0.25, 0.3) is 0 Å². The van der Waals surface area contributed by atoms with Gasteiger partial charge in [-0.1, -0.05) is 12.8 Å². The Labute approximate surface area is 150 Å². The number of carbonyl (C=O) groups excluding carboxylic acids is 1. The highest BCUT2D eigenvalue weighted by molar-refractivity contribution is 5.98. The van der Waals surface area contributed by atoms with Gasteiger partial charge in [0.15, 0.2) is 5.82 Å². The summed E-state index contributed by atoms with van der Waals surface area (Å²) in [5.74, 6) is 0.462. The van der Waals surface area contributed by atoms with Crippen molar-refractivity contribution >= 4 is 28.4 Å². The minimum absolute atomic E-state index is 0.332. The maximum atomic E-state index is 13.8. The second kappa shape index (κ2) is 6.74. The highest BCUT2D eigenvalue weighted by atomic mass is 19.1. The van der Waals surface area contributed by atoms with E-state index in [-0.39, 0.29) is 5.82 Å². The van der Waals surface area contributed by atoms with Crippen LogP contribution in [-0.4, -0.2) is 27.8 Å². The topological polar surface area (TPSA) is 69.0 Å². The number of anilines is 2. The van der Waals surface area contributed by atoms with Gasteiger partial charge in [0.2, 0.25) is 0 Å². The Morgan fingerprint density at radius 3 is 3.00 bits per heavy atom. The largest absolute Gasteiger partial charge is 0.465 e. The molecule has 0 bridgehead atoms. The van der Waals surface area contributed by atoms with Crippen molar-refractivity contribution in [2.45, 2.75) is 25.8 Å². The normalized spacial score (nSPS) is 13.8. The van der Waals surface area contributed by atoms with Gasteiger partial charge in [0.05, 0.1) is 30.1 Å². The lowest BCUT2D eigenvalue weighted by Crippen LogP contribution is -2.07. The van der Waals surface area contributed by atoms with E-state index < -0.39 is 5.97 Å². The number of pyridine rings is 1. The third kappa shape index (κ3) is 3.24. The fourth-order valence-electron chi connectivity index (χ4n) is 3.04. The fourth-order valence-corrected chi connectivity index (χ4v) is 3.04. The number of ether oxygens (including phenoxy) is 1. The zero-order chi connectivity index (χ0) is 18.1. The monoisotopic (exact) mass is 354 g/mol. The van der Waals surface area contributed by atoms with E-state index in [9.17, 15) is 9.18 Å². The van der Waals surface area contributed by atoms with Crippen LogP contribution in [0.2, 0.25) is 0 Å². The number of carbonyl (C=O) groups is 1. The van der Waals surface area contributed by atoms with Crippen molar-refractivity contribution in [3.63, 3.8) is 0 Å². The summed E-state index contributed by atoms with van der Waals surface area (Å²) >= 11 is 0. The minimum atomic E-state index is -0.474. The van der Waals surface area contributed by atoms with E-state index in [0.717, 1.165) is 24.4 Å². The van der Waals surface area contributed by atoms with Gasteiger partial charge in [-0.2, -0.15) is 5.10 Å². The van der Waals surface area contributed by atoms with E-state index in [2.05, 4.69) is 15.4 Å². The number of methoxy groups -OCH3 is 1. The van der Waals surface area contributed by atoms with Crippen LogP contribution in [0.1, 0.15) is 29.6 Å². The maximum Gasteiger partial charge on any atom is 0.340 e. The molecule has 1 fully saturated rings. The van der Waals surface area contributed by atoms with Crippen LogP contribution in [0.3, 0.4) is 0 Å². The third-order valence-corrected chi connectivity index (χ3v) is 4.64. The van der Waals surface area contributed by atoms with Gasteiger partial charge in [-0.15, -0.1) is 0 Å². The van der Waals surface area contributed by atoms with Gasteiger partial charge in [-0.25, -0.2) is 9.18 Å². The number of nitrogens with one attached hydrogen (secondary N) is 1. The van der Waals surface area contributed by atoms with Gasteiger partial charge in [0.1, 0.15) is 5.82 Å². The molecule has 2 heterocycles. The quantitative estimate of drug-likeness (QED) is 0.680. The molecule has 0 spiro atoms. The summed E-state index contributed by atoms with van der Waals surface area (Å²) in [5, 5.41) is 8.40. The van der Waals surface area contributed by atoms with E-state index in [0.29, 0.717) is 22.5 Å². The summed E-state index contributed by atoms with van der Waals surface area (Å²) in [6, 6.07) is 6.19. The number of hydrogen-bond donors (Lipinski definition) is 1. The molecule has 0 aliphatic heterocycles. The van der Waals surface area contributed by atoms with E-state index in [1.165, 1.54) is 44.5 Å². The molecular formula is C19H19FN4O2. The first-order chi connectivity index (χ1) is 12.7. The number of fused-ring (bicyclic) bond motifs is 1. The van der Waals surface area contributed by atoms with Crippen molar-refractivity contribution in [2.75, 3.05) is 12.4 Å². The molecule has 1 aliphatic carbocycles. The number of nitrogens with zero attached hydrogens (tertiary/aromatic N) is 3. The summed E-state index contributed by atoms with van der Waals surface area (Å²) in [6.45, 7) is 0.783. The van der Waals surface area contributed by atoms with Gasteiger partial charge in [0, 0.05) is 18.1 Å². The van der Waals surface area contributed by atoms with Crippen molar-refractivity contribution in [2.24, 2.45) is 5.92 Å². The highest BCUT2D eigenvalue weighted by Gasteiger charge is 2.22. The first-order valence-electron chi connectivity index (χ1n) is 8.61. The first-order valence-corrected chi connectivity index (χ1v) is 8.61. The molecule has 6 nitrogen and oxygen atoms in total. The average Bonchev–Trinajstić information content (AvgIpc) is 3.43. The molecule has 0 radical (unpaired) electrons. The number of hydrogen-bond acceptors (Lipinski definition) is 5. The van der Waals surface area contributed by atoms with E-state index in [4.69, 9.17) is 4.74 Å². The van der Waals surface area contributed by atoms with Gasteiger partial charge in [-0.05, 0) is 36.6 Å². The van der Waals surface area contributed by atoms with Gasteiger partial charge in [-0.3, -0.25) is 9.67 Å². The second-order valence-electron chi connectivity index (χ2n) is 6.50. The Kier molecular flexibility index (Phi) is 4.28. The fraction of sp³-hybridized carbons (Fsp3) is 0.316. The second-order valence-corrected chi connectivity index (χ2v) is 6.50. The van der Waals surface area contributed by atoms with E-state index in [1.807, 2.05) is 4.68 Å². The summed E-state index contributed by atoms with van der Waals surface area (Å²) in [4.78, 5) is 16.0. The number of halogens is 1. The van der Waals surface area contributed by atoms with Crippen LogP contribution >= 0.6 is 0 Å². The summed E-state index contributed by atoms with van der Waals surface area (Å²) < 4.78 is 20.5. The van der Waals surface area contributed by atoms with Crippen molar-refractivity contribution in [1.29, 1.82) is 0 Å². The summed E-state index contributed by atoms with van der Waals surface area (Å²) in [6.07, 6.45) is 6.66. The van der Waals surface area contributed by atoms with Gasteiger partial charge >= 0.3 is 5.97 Å². The third-order valence-electron chi connectivity index (χ3n) is 4.64. The summed E-state index contributed by atoms with van der Waals surface area (Å²) in [5.41, 5.74) is 1.68. The molecular weight excluding hydrogens is 335 g/mol. The lowest BCUT2D eigenvalue weighted by atomic mass is 10.2. The highest BCUT2D eigenvalue weighted by Crippen LogP contribution is 2.34. The molecule has 4 rings (SSSR count). The molecule has 1 aliphatic rings.